The Morgan fingerprint density at radius 3 is 2.89 bits per heavy atom. The zero-order valence-electron chi connectivity index (χ0n) is 10.2. The number of hydrogen-bond acceptors (Lipinski definition) is 4. The number of nitrogens with zero attached hydrogens (tertiary/aromatic N) is 1. The summed E-state index contributed by atoms with van der Waals surface area (Å²) in [6, 6.07) is 2.84. The van der Waals surface area contributed by atoms with E-state index in [1.807, 2.05) is 0 Å². The van der Waals surface area contributed by atoms with Crippen LogP contribution in [0.2, 0.25) is 0 Å². The zero-order valence-corrected chi connectivity index (χ0v) is 10.2. The Kier molecular flexibility index (Phi) is 4.06. The summed E-state index contributed by atoms with van der Waals surface area (Å²) in [4.78, 5) is 21.8. The zero-order chi connectivity index (χ0) is 13.8. The van der Waals surface area contributed by atoms with Crippen LogP contribution < -0.4 is 10.6 Å². The van der Waals surface area contributed by atoms with Gasteiger partial charge in [-0.1, -0.05) is 0 Å². The lowest BCUT2D eigenvalue weighted by molar-refractivity contribution is -0.385. The lowest BCUT2D eigenvalue weighted by Gasteiger charge is -2.23. The van der Waals surface area contributed by atoms with Crippen molar-refractivity contribution in [2.45, 2.75) is 18.9 Å². The van der Waals surface area contributed by atoms with Gasteiger partial charge in [0.25, 0.3) is 11.6 Å². The van der Waals surface area contributed by atoms with Crippen LogP contribution in [0.1, 0.15) is 23.2 Å². The van der Waals surface area contributed by atoms with Crippen molar-refractivity contribution < 1.29 is 14.1 Å². The number of nitrogens with one attached hydrogen (secondary N) is 2. The monoisotopic (exact) mass is 267 g/mol. The van der Waals surface area contributed by atoms with Gasteiger partial charge in [0, 0.05) is 24.2 Å². The third kappa shape index (κ3) is 3.47. The lowest BCUT2D eigenvalue weighted by atomic mass is 10.1. The molecule has 1 saturated heterocycles. The average molecular weight is 267 g/mol. The number of hydrogen-bond donors (Lipinski definition) is 2. The van der Waals surface area contributed by atoms with E-state index in [0.717, 1.165) is 37.6 Å². The van der Waals surface area contributed by atoms with Gasteiger partial charge in [-0.25, -0.2) is 4.39 Å². The van der Waals surface area contributed by atoms with Crippen molar-refractivity contribution >= 4 is 11.6 Å². The molecule has 1 amide bonds. The van der Waals surface area contributed by atoms with Gasteiger partial charge in [-0.2, -0.15) is 0 Å². The number of piperidine rings is 1. The van der Waals surface area contributed by atoms with E-state index in [2.05, 4.69) is 10.6 Å². The number of carbonyl (C=O) groups excluding carboxylic acids is 1. The van der Waals surface area contributed by atoms with Crippen LogP contribution in [0.3, 0.4) is 0 Å². The Morgan fingerprint density at radius 2 is 2.26 bits per heavy atom. The maximum atomic E-state index is 13.2. The predicted octanol–water partition coefficient (Wildman–Crippen LogP) is 1.22. The molecule has 1 atom stereocenters. The van der Waals surface area contributed by atoms with Crippen LogP contribution in [0.4, 0.5) is 10.1 Å². The summed E-state index contributed by atoms with van der Waals surface area (Å²) >= 11 is 0. The lowest BCUT2D eigenvalue weighted by Crippen LogP contribution is -2.45. The van der Waals surface area contributed by atoms with Crippen LogP contribution in [0.15, 0.2) is 18.2 Å². The molecule has 19 heavy (non-hydrogen) atoms. The molecule has 2 rings (SSSR count). The molecule has 0 unspecified atom stereocenters. The SMILES string of the molecule is O=C(N[C@H]1CCCNC1)c1cc(F)cc([N+](=O)[O-])c1. The summed E-state index contributed by atoms with van der Waals surface area (Å²) in [5.41, 5.74) is -0.454. The highest BCUT2D eigenvalue weighted by Crippen LogP contribution is 2.16. The third-order valence-corrected chi connectivity index (χ3v) is 2.99. The van der Waals surface area contributed by atoms with Gasteiger partial charge in [0.1, 0.15) is 5.82 Å². The largest absolute Gasteiger partial charge is 0.348 e. The van der Waals surface area contributed by atoms with E-state index in [4.69, 9.17) is 0 Å². The first-order chi connectivity index (χ1) is 9.06. The van der Waals surface area contributed by atoms with Crippen LogP contribution in [0.25, 0.3) is 0 Å². The molecule has 0 spiro atoms. The van der Waals surface area contributed by atoms with Crippen molar-refractivity contribution in [3.63, 3.8) is 0 Å². The second kappa shape index (κ2) is 5.75. The van der Waals surface area contributed by atoms with Crippen molar-refractivity contribution in [3.8, 4) is 0 Å². The van der Waals surface area contributed by atoms with E-state index in [1.54, 1.807) is 0 Å². The molecule has 0 aliphatic carbocycles. The van der Waals surface area contributed by atoms with Gasteiger partial charge >= 0.3 is 0 Å². The summed E-state index contributed by atoms with van der Waals surface area (Å²) in [7, 11) is 0. The molecule has 0 bridgehead atoms. The molecular weight excluding hydrogens is 253 g/mol. The maximum Gasteiger partial charge on any atom is 0.273 e. The molecule has 0 radical (unpaired) electrons. The van der Waals surface area contributed by atoms with E-state index >= 15 is 0 Å². The quantitative estimate of drug-likeness (QED) is 0.637. The van der Waals surface area contributed by atoms with Gasteiger partial charge < -0.3 is 10.6 Å². The van der Waals surface area contributed by atoms with Crippen LogP contribution >= 0.6 is 0 Å². The minimum atomic E-state index is -0.791. The molecular formula is C12H14FN3O3. The van der Waals surface area contributed by atoms with Crippen molar-refractivity contribution in [1.29, 1.82) is 0 Å². The van der Waals surface area contributed by atoms with E-state index < -0.39 is 22.3 Å². The Morgan fingerprint density at radius 1 is 1.47 bits per heavy atom. The Bertz CT molecular complexity index is 501. The number of nitro benzene ring substituents is 1. The first-order valence-corrected chi connectivity index (χ1v) is 6.03. The number of nitro groups is 1. The van der Waals surface area contributed by atoms with Gasteiger partial charge in [0.05, 0.1) is 11.0 Å². The van der Waals surface area contributed by atoms with Crippen LogP contribution in [-0.4, -0.2) is 30.0 Å². The molecule has 7 heteroatoms. The molecule has 1 fully saturated rings. The Hall–Kier alpha value is -2.02. The summed E-state index contributed by atoms with van der Waals surface area (Å²) in [6.45, 7) is 1.57. The van der Waals surface area contributed by atoms with Gasteiger partial charge in [0.2, 0.25) is 0 Å². The fourth-order valence-corrected chi connectivity index (χ4v) is 2.05. The van der Waals surface area contributed by atoms with Crippen LogP contribution in [0.5, 0.6) is 0 Å². The number of halogens is 1. The molecule has 0 aromatic heterocycles. The minimum Gasteiger partial charge on any atom is -0.348 e. The number of non-ortho nitro benzene ring substituents is 1. The predicted molar refractivity (Wildman–Crippen MR) is 66.4 cm³/mol. The van der Waals surface area contributed by atoms with Crippen molar-refractivity contribution in [2.75, 3.05) is 13.1 Å². The minimum absolute atomic E-state index is 0.0245. The molecule has 1 aromatic carbocycles. The first kappa shape index (κ1) is 13.4. The van der Waals surface area contributed by atoms with E-state index in [-0.39, 0.29) is 11.6 Å². The highest BCUT2D eigenvalue weighted by molar-refractivity contribution is 5.95. The molecule has 1 aromatic rings. The van der Waals surface area contributed by atoms with Gasteiger partial charge in [-0.3, -0.25) is 14.9 Å². The molecule has 102 valence electrons. The van der Waals surface area contributed by atoms with E-state index in [9.17, 15) is 19.3 Å². The second-order valence-electron chi connectivity index (χ2n) is 4.47. The summed E-state index contributed by atoms with van der Waals surface area (Å²) in [5, 5.41) is 16.5. The third-order valence-electron chi connectivity index (χ3n) is 2.99. The fraction of sp³-hybridized carbons (Fsp3) is 0.417. The first-order valence-electron chi connectivity index (χ1n) is 6.03. The molecule has 1 aliphatic heterocycles. The number of carbonyl (C=O) groups is 1. The Labute approximate surface area is 109 Å². The van der Waals surface area contributed by atoms with Gasteiger partial charge in [-0.05, 0) is 25.5 Å². The Balaban J connectivity index is 2.11. The van der Waals surface area contributed by atoms with E-state index in [0.29, 0.717) is 6.54 Å². The number of rotatable bonds is 3. The van der Waals surface area contributed by atoms with E-state index in [1.165, 1.54) is 0 Å². The molecule has 6 nitrogen and oxygen atoms in total. The standard InChI is InChI=1S/C12H14FN3O3/c13-9-4-8(5-11(6-9)16(18)19)12(17)15-10-2-1-3-14-7-10/h4-6,10,14H,1-3,7H2,(H,15,17)/t10-/m0/s1. The normalized spacial score (nSPS) is 18.9. The maximum absolute atomic E-state index is 13.2. The van der Waals surface area contributed by atoms with Crippen LogP contribution in [0, 0.1) is 15.9 Å². The summed E-state index contributed by atoms with van der Waals surface area (Å²) in [6.07, 6.45) is 1.80. The molecule has 2 N–H and O–H groups in total. The van der Waals surface area contributed by atoms with Crippen LogP contribution in [-0.2, 0) is 0 Å². The molecule has 1 aliphatic rings. The van der Waals surface area contributed by atoms with Crippen molar-refractivity contribution in [2.24, 2.45) is 0 Å². The number of benzene rings is 1. The highest BCUT2D eigenvalue weighted by Gasteiger charge is 2.19. The topological polar surface area (TPSA) is 84.3 Å². The number of amides is 1. The fourth-order valence-electron chi connectivity index (χ4n) is 2.05. The highest BCUT2D eigenvalue weighted by atomic mass is 19.1. The average Bonchev–Trinajstić information content (AvgIpc) is 2.39. The van der Waals surface area contributed by atoms with Crippen molar-refractivity contribution in [1.82, 2.24) is 10.6 Å². The van der Waals surface area contributed by atoms with Gasteiger partial charge in [-0.15, -0.1) is 0 Å². The smallest absolute Gasteiger partial charge is 0.273 e. The summed E-state index contributed by atoms with van der Waals surface area (Å²) in [5.74, 6) is -1.28. The molecule has 1 heterocycles. The second-order valence-corrected chi connectivity index (χ2v) is 4.47. The van der Waals surface area contributed by atoms with Gasteiger partial charge in [0.15, 0.2) is 0 Å². The summed E-state index contributed by atoms with van der Waals surface area (Å²) < 4.78 is 13.2. The molecule has 0 saturated carbocycles. The van der Waals surface area contributed by atoms with Crippen molar-refractivity contribution in [3.05, 3.63) is 39.7 Å².